The molecule has 0 atom stereocenters. The van der Waals surface area contributed by atoms with E-state index in [1.165, 1.54) is 12.1 Å². The first kappa shape index (κ1) is 17.8. The second-order valence-corrected chi connectivity index (χ2v) is 6.37. The van der Waals surface area contributed by atoms with Crippen molar-refractivity contribution >= 4 is 29.1 Å². The van der Waals surface area contributed by atoms with E-state index in [1.807, 2.05) is 24.3 Å². The van der Waals surface area contributed by atoms with Crippen LogP contribution in [-0.4, -0.2) is 41.8 Å². The highest BCUT2D eigenvalue weighted by Gasteiger charge is 2.30. The van der Waals surface area contributed by atoms with Crippen LogP contribution in [0.1, 0.15) is 11.3 Å². The summed E-state index contributed by atoms with van der Waals surface area (Å²) in [6, 6.07) is 13.7. The Bertz CT molecular complexity index is 1090. The van der Waals surface area contributed by atoms with E-state index in [4.69, 9.17) is 4.74 Å². The predicted molar refractivity (Wildman–Crippen MR) is 103 cm³/mol. The summed E-state index contributed by atoms with van der Waals surface area (Å²) in [5.74, 6) is -0.668. The molecule has 0 N–H and O–H groups in total. The van der Waals surface area contributed by atoms with Crippen molar-refractivity contribution in [2.45, 2.75) is 6.54 Å². The minimum absolute atomic E-state index is 0.118. The lowest BCUT2D eigenvalue weighted by molar-refractivity contribution is -0.126. The Balaban J connectivity index is 1.80. The number of benzene rings is 2. The zero-order valence-electron chi connectivity index (χ0n) is 15.1. The van der Waals surface area contributed by atoms with Gasteiger partial charge in [0.15, 0.2) is 6.61 Å². The normalized spacial score (nSPS) is 14.3. The van der Waals surface area contributed by atoms with E-state index in [9.17, 15) is 14.0 Å². The van der Waals surface area contributed by atoms with Crippen LogP contribution in [0.2, 0.25) is 0 Å². The van der Waals surface area contributed by atoms with Crippen LogP contribution in [0.15, 0.2) is 53.5 Å². The van der Waals surface area contributed by atoms with Crippen LogP contribution in [-0.2, 0) is 16.1 Å². The highest BCUT2D eigenvalue weighted by molar-refractivity contribution is 5.99. The maximum absolute atomic E-state index is 13.3. The van der Waals surface area contributed by atoms with Crippen molar-refractivity contribution in [1.29, 1.82) is 0 Å². The zero-order valence-corrected chi connectivity index (χ0v) is 15.1. The van der Waals surface area contributed by atoms with E-state index in [0.29, 0.717) is 11.2 Å². The van der Waals surface area contributed by atoms with Crippen LogP contribution < -0.4 is 0 Å². The molecule has 0 spiro atoms. The number of aliphatic imine (C=N–C) groups is 1. The van der Waals surface area contributed by atoms with Gasteiger partial charge in [0.05, 0.1) is 17.8 Å². The van der Waals surface area contributed by atoms with E-state index in [0.717, 1.165) is 27.0 Å². The maximum atomic E-state index is 13.3. The van der Waals surface area contributed by atoms with Gasteiger partial charge in [-0.1, -0.05) is 24.3 Å². The molecule has 0 aliphatic carbocycles. The molecule has 2 amide bonds. The molecule has 6 nitrogen and oxygen atoms in total. The predicted octanol–water partition coefficient (Wildman–Crippen LogP) is 3.57. The molecule has 0 radical (unpaired) electrons. The molecule has 1 aliphatic rings. The highest BCUT2D eigenvalue weighted by Crippen LogP contribution is 2.29. The molecule has 28 heavy (non-hydrogen) atoms. The molecule has 0 bridgehead atoms. The topological polar surface area (TPSA) is 71.9 Å². The third-order valence-electron chi connectivity index (χ3n) is 4.49. The SMILES string of the molecule is C/N=C/c1cc(-c2ccc(F)cc2)c2ccc(CN3C(=O)COC3=O)cc2n1. The summed E-state index contributed by atoms with van der Waals surface area (Å²) in [6.07, 6.45) is 0.998. The Morgan fingerprint density at radius 1 is 1.18 bits per heavy atom. The average molecular weight is 377 g/mol. The molecular weight excluding hydrogens is 361 g/mol. The van der Waals surface area contributed by atoms with Crippen molar-refractivity contribution < 1.29 is 18.7 Å². The minimum Gasteiger partial charge on any atom is -0.439 e. The summed E-state index contributed by atoms with van der Waals surface area (Å²) in [7, 11) is 1.66. The van der Waals surface area contributed by atoms with E-state index in [-0.39, 0.29) is 24.9 Å². The number of hydrogen-bond donors (Lipinski definition) is 0. The van der Waals surface area contributed by atoms with Crippen molar-refractivity contribution in [2.75, 3.05) is 13.7 Å². The van der Waals surface area contributed by atoms with Gasteiger partial charge in [-0.3, -0.25) is 9.79 Å². The van der Waals surface area contributed by atoms with Crippen molar-refractivity contribution in [3.8, 4) is 11.1 Å². The van der Waals surface area contributed by atoms with Crippen LogP contribution in [0, 0.1) is 5.82 Å². The van der Waals surface area contributed by atoms with Gasteiger partial charge in [0, 0.05) is 18.6 Å². The summed E-state index contributed by atoms with van der Waals surface area (Å²) in [5, 5.41) is 0.874. The lowest BCUT2D eigenvalue weighted by atomic mass is 9.99. The Morgan fingerprint density at radius 3 is 2.64 bits per heavy atom. The molecule has 7 heteroatoms. The number of cyclic esters (lactones) is 1. The molecular formula is C21H16FN3O3. The number of hydrogen-bond acceptors (Lipinski definition) is 5. The van der Waals surface area contributed by atoms with Crippen molar-refractivity contribution in [3.63, 3.8) is 0 Å². The number of halogens is 1. The van der Waals surface area contributed by atoms with Crippen molar-refractivity contribution in [1.82, 2.24) is 9.88 Å². The molecule has 0 unspecified atom stereocenters. The van der Waals surface area contributed by atoms with Gasteiger partial charge in [0.25, 0.3) is 5.91 Å². The minimum atomic E-state index is -0.642. The third kappa shape index (κ3) is 3.34. The van der Waals surface area contributed by atoms with Crippen LogP contribution >= 0.6 is 0 Å². The fourth-order valence-electron chi connectivity index (χ4n) is 3.18. The van der Waals surface area contributed by atoms with Gasteiger partial charge in [-0.2, -0.15) is 0 Å². The lowest BCUT2D eigenvalue weighted by Gasteiger charge is -2.13. The molecule has 1 saturated heterocycles. The average Bonchev–Trinajstić information content (AvgIpc) is 3.00. The molecule has 2 heterocycles. The number of fused-ring (bicyclic) bond motifs is 1. The number of ether oxygens (including phenoxy) is 1. The van der Waals surface area contributed by atoms with E-state index >= 15 is 0 Å². The first-order valence-corrected chi connectivity index (χ1v) is 8.64. The number of rotatable bonds is 4. The number of carbonyl (C=O) groups is 2. The number of amides is 2. The second kappa shape index (κ2) is 7.19. The van der Waals surface area contributed by atoms with Gasteiger partial charge < -0.3 is 4.74 Å². The fourth-order valence-corrected chi connectivity index (χ4v) is 3.18. The van der Waals surface area contributed by atoms with Crippen molar-refractivity contribution in [3.05, 3.63) is 65.6 Å². The number of aromatic nitrogens is 1. The van der Waals surface area contributed by atoms with Crippen molar-refractivity contribution in [2.24, 2.45) is 4.99 Å². The third-order valence-corrected chi connectivity index (χ3v) is 4.49. The Labute approximate surface area is 160 Å². The van der Waals surface area contributed by atoms with E-state index < -0.39 is 6.09 Å². The monoisotopic (exact) mass is 377 g/mol. The van der Waals surface area contributed by atoms with Crippen LogP contribution in [0.5, 0.6) is 0 Å². The largest absolute Gasteiger partial charge is 0.439 e. The summed E-state index contributed by atoms with van der Waals surface area (Å²) in [4.78, 5) is 33.1. The highest BCUT2D eigenvalue weighted by atomic mass is 19.1. The van der Waals surface area contributed by atoms with Gasteiger partial charge in [0.2, 0.25) is 0 Å². The molecule has 0 saturated carbocycles. The van der Waals surface area contributed by atoms with Gasteiger partial charge in [-0.05, 0) is 41.0 Å². The number of imide groups is 1. The molecule has 140 valence electrons. The molecule has 1 aliphatic heterocycles. The molecule has 1 aromatic heterocycles. The maximum Gasteiger partial charge on any atom is 0.417 e. The van der Waals surface area contributed by atoms with Gasteiger partial charge in [-0.25, -0.2) is 19.1 Å². The van der Waals surface area contributed by atoms with E-state index in [2.05, 4.69) is 9.98 Å². The zero-order chi connectivity index (χ0) is 19.7. The first-order chi connectivity index (χ1) is 13.5. The molecule has 3 aromatic rings. The first-order valence-electron chi connectivity index (χ1n) is 8.64. The smallest absolute Gasteiger partial charge is 0.417 e. The number of pyridine rings is 1. The Kier molecular flexibility index (Phi) is 4.57. The van der Waals surface area contributed by atoms with Crippen LogP contribution in [0.4, 0.5) is 9.18 Å². The van der Waals surface area contributed by atoms with Gasteiger partial charge in [0.1, 0.15) is 5.82 Å². The van der Waals surface area contributed by atoms with E-state index in [1.54, 1.807) is 25.4 Å². The van der Waals surface area contributed by atoms with Crippen LogP contribution in [0.3, 0.4) is 0 Å². The Morgan fingerprint density at radius 2 is 1.96 bits per heavy atom. The number of nitrogens with zero attached hydrogens (tertiary/aromatic N) is 3. The molecule has 4 rings (SSSR count). The summed E-state index contributed by atoms with van der Waals surface area (Å²) >= 11 is 0. The Hall–Kier alpha value is -3.61. The molecule has 1 fully saturated rings. The molecule has 2 aromatic carbocycles. The summed E-state index contributed by atoms with van der Waals surface area (Å²) in [6.45, 7) is -0.107. The summed E-state index contributed by atoms with van der Waals surface area (Å²) < 4.78 is 18.1. The number of carbonyl (C=O) groups excluding carboxylic acids is 2. The quantitative estimate of drug-likeness (QED) is 0.652. The fraction of sp³-hybridized carbons (Fsp3) is 0.143. The standard InChI is InChI=1S/C21H16FN3O3/c1-23-10-16-9-18(14-3-5-15(22)6-4-14)17-7-2-13(8-19(17)24-16)11-25-20(26)12-28-21(25)27/h2-10H,11-12H2,1H3/b23-10+. The second-order valence-electron chi connectivity index (χ2n) is 6.37. The lowest BCUT2D eigenvalue weighted by Crippen LogP contribution is -2.28. The van der Waals surface area contributed by atoms with Gasteiger partial charge in [-0.15, -0.1) is 0 Å². The van der Waals surface area contributed by atoms with Gasteiger partial charge >= 0.3 is 6.09 Å². The summed E-state index contributed by atoms with van der Waals surface area (Å²) in [5.41, 5.74) is 3.84. The van der Waals surface area contributed by atoms with Crippen LogP contribution in [0.25, 0.3) is 22.0 Å².